The molecule has 0 unspecified atom stereocenters. The van der Waals surface area contributed by atoms with Gasteiger partial charge in [0, 0.05) is 13.0 Å². The fourth-order valence-corrected chi connectivity index (χ4v) is 3.27. The van der Waals surface area contributed by atoms with Gasteiger partial charge in [-0.25, -0.2) is 0 Å². The van der Waals surface area contributed by atoms with Crippen molar-refractivity contribution >= 4 is 11.8 Å². The Morgan fingerprint density at radius 1 is 1.19 bits per heavy atom. The number of fused-ring (bicyclic) bond motifs is 1. The molecule has 3 rings (SSSR count). The predicted molar refractivity (Wildman–Crippen MR) is 79.3 cm³/mol. The van der Waals surface area contributed by atoms with E-state index >= 15 is 0 Å². The van der Waals surface area contributed by atoms with E-state index in [9.17, 15) is 9.59 Å². The Hall–Kier alpha value is -1.88. The SMILES string of the molecule is NC(=O)[C@@H]1Cc2ccccc2CN1C(=O)[C@@H]1CCCCN1. The highest BCUT2D eigenvalue weighted by atomic mass is 16.2. The van der Waals surface area contributed by atoms with Crippen molar-refractivity contribution in [2.75, 3.05) is 6.54 Å². The molecular weight excluding hydrogens is 266 g/mol. The fraction of sp³-hybridized carbons (Fsp3) is 0.500. The molecule has 2 amide bonds. The lowest BCUT2D eigenvalue weighted by Crippen LogP contribution is -2.57. The first-order valence-electron chi connectivity index (χ1n) is 7.57. The molecule has 0 saturated carbocycles. The van der Waals surface area contributed by atoms with Crippen LogP contribution < -0.4 is 11.1 Å². The third kappa shape index (κ3) is 2.78. The molecule has 0 radical (unpaired) electrons. The van der Waals surface area contributed by atoms with Gasteiger partial charge in [0.05, 0.1) is 6.04 Å². The molecule has 0 aromatic heterocycles. The minimum Gasteiger partial charge on any atom is -0.368 e. The summed E-state index contributed by atoms with van der Waals surface area (Å²) >= 11 is 0. The predicted octanol–water partition coefficient (Wildman–Crippen LogP) is 0.567. The normalized spacial score (nSPS) is 25.2. The van der Waals surface area contributed by atoms with E-state index in [1.54, 1.807) is 4.90 Å². The number of carbonyl (C=O) groups is 2. The molecule has 2 aliphatic heterocycles. The van der Waals surface area contributed by atoms with Gasteiger partial charge >= 0.3 is 0 Å². The summed E-state index contributed by atoms with van der Waals surface area (Å²) in [5.41, 5.74) is 7.75. The van der Waals surface area contributed by atoms with Gasteiger partial charge in [0.25, 0.3) is 0 Å². The van der Waals surface area contributed by atoms with Gasteiger partial charge in [-0.05, 0) is 30.5 Å². The van der Waals surface area contributed by atoms with Gasteiger partial charge in [-0.2, -0.15) is 0 Å². The van der Waals surface area contributed by atoms with Gasteiger partial charge in [-0.15, -0.1) is 0 Å². The Balaban J connectivity index is 1.85. The van der Waals surface area contributed by atoms with Crippen LogP contribution >= 0.6 is 0 Å². The maximum atomic E-state index is 12.7. The van der Waals surface area contributed by atoms with Gasteiger partial charge in [0.15, 0.2) is 0 Å². The standard InChI is InChI=1S/C16H21N3O2/c17-15(20)14-9-11-5-1-2-6-12(11)10-19(14)16(21)13-7-3-4-8-18-13/h1-2,5-6,13-14,18H,3-4,7-10H2,(H2,17,20)/t13-,14-/m0/s1. The monoisotopic (exact) mass is 287 g/mol. The largest absolute Gasteiger partial charge is 0.368 e. The first-order valence-corrected chi connectivity index (χ1v) is 7.57. The summed E-state index contributed by atoms with van der Waals surface area (Å²) in [5, 5.41) is 3.26. The number of nitrogens with one attached hydrogen (secondary N) is 1. The van der Waals surface area contributed by atoms with Crippen LogP contribution in [-0.2, 0) is 22.6 Å². The van der Waals surface area contributed by atoms with Crippen LogP contribution in [0.5, 0.6) is 0 Å². The highest BCUT2D eigenvalue weighted by Gasteiger charge is 2.36. The van der Waals surface area contributed by atoms with E-state index in [4.69, 9.17) is 5.73 Å². The maximum absolute atomic E-state index is 12.7. The molecular formula is C16H21N3O2. The Bertz CT molecular complexity index is 552. The van der Waals surface area contributed by atoms with E-state index in [1.807, 2.05) is 24.3 Å². The van der Waals surface area contributed by atoms with Crippen LogP contribution in [0.2, 0.25) is 0 Å². The zero-order valence-corrected chi connectivity index (χ0v) is 12.0. The number of nitrogens with two attached hydrogens (primary N) is 1. The van der Waals surface area contributed by atoms with Crippen LogP contribution in [0.1, 0.15) is 30.4 Å². The summed E-state index contributed by atoms with van der Waals surface area (Å²) in [6.45, 7) is 1.34. The molecule has 1 saturated heterocycles. The number of primary amides is 1. The first-order chi connectivity index (χ1) is 10.2. The minimum atomic E-state index is -0.531. The summed E-state index contributed by atoms with van der Waals surface area (Å²) in [6, 6.07) is 7.23. The number of rotatable bonds is 2. The molecule has 2 atom stereocenters. The van der Waals surface area contributed by atoms with Crippen molar-refractivity contribution in [3.8, 4) is 0 Å². The Morgan fingerprint density at radius 2 is 1.95 bits per heavy atom. The lowest BCUT2D eigenvalue weighted by molar-refractivity contribution is -0.142. The van der Waals surface area contributed by atoms with Crippen LogP contribution in [0.4, 0.5) is 0 Å². The average Bonchev–Trinajstić information content (AvgIpc) is 2.53. The zero-order chi connectivity index (χ0) is 14.8. The molecule has 2 heterocycles. The average molecular weight is 287 g/mol. The Labute approximate surface area is 124 Å². The molecule has 0 aliphatic carbocycles. The van der Waals surface area contributed by atoms with Gasteiger partial charge < -0.3 is 16.0 Å². The van der Waals surface area contributed by atoms with E-state index in [-0.39, 0.29) is 11.9 Å². The molecule has 1 fully saturated rings. The molecule has 1 aromatic rings. The molecule has 0 spiro atoms. The summed E-state index contributed by atoms with van der Waals surface area (Å²) in [7, 11) is 0. The number of hydrogen-bond acceptors (Lipinski definition) is 3. The molecule has 21 heavy (non-hydrogen) atoms. The topological polar surface area (TPSA) is 75.4 Å². The number of benzene rings is 1. The van der Waals surface area contributed by atoms with Crippen molar-refractivity contribution in [1.29, 1.82) is 0 Å². The number of carbonyl (C=O) groups excluding carboxylic acids is 2. The second-order valence-electron chi connectivity index (χ2n) is 5.86. The number of amides is 2. The summed E-state index contributed by atoms with van der Waals surface area (Å²) in [5.74, 6) is -0.415. The molecule has 2 aliphatic rings. The quantitative estimate of drug-likeness (QED) is 0.835. The first kappa shape index (κ1) is 14.1. The highest BCUT2D eigenvalue weighted by molar-refractivity contribution is 5.89. The number of piperidine rings is 1. The van der Waals surface area contributed by atoms with Gasteiger partial charge in [0.2, 0.25) is 11.8 Å². The smallest absolute Gasteiger partial charge is 0.240 e. The molecule has 5 heteroatoms. The van der Waals surface area contributed by atoms with Crippen molar-refractivity contribution in [3.05, 3.63) is 35.4 Å². The van der Waals surface area contributed by atoms with Crippen molar-refractivity contribution in [3.63, 3.8) is 0 Å². The second kappa shape index (κ2) is 5.85. The second-order valence-corrected chi connectivity index (χ2v) is 5.86. The van der Waals surface area contributed by atoms with Crippen LogP contribution in [0.3, 0.4) is 0 Å². The zero-order valence-electron chi connectivity index (χ0n) is 12.0. The minimum absolute atomic E-state index is 0.00741. The summed E-state index contributed by atoms with van der Waals surface area (Å²) < 4.78 is 0. The lowest BCUT2D eigenvalue weighted by atomic mass is 9.92. The maximum Gasteiger partial charge on any atom is 0.240 e. The number of hydrogen-bond donors (Lipinski definition) is 2. The van der Waals surface area contributed by atoms with E-state index < -0.39 is 11.9 Å². The molecule has 112 valence electrons. The van der Waals surface area contributed by atoms with Crippen LogP contribution in [0, 0.1) is 0 Å². The Kier molecular flexibility index (Phi) is 3.92. The number of nitrogens with zero attached hydrogens (tertiary/aromatic N) is 1. The third-order valence-electron chi connectivity index (χ3n) is 4.47. The van der Waals surface area contributed by atoms with Crippen LogP contribution in [0.15, 0.2) is 24.3 Å². The molecule has 5 nitrogen and oxygen atoms in total. The van der Waals surface area contributed by atoms with E-state index in [0.29, 0.717) is 13.0 Å². The van der Waals surface area contributed by atoms with Crippen LogP contribution in [-0.4, -0.2) is 35.3 Å². The van der Waals surface area contributed by atoms with Crippen molar-refractivity contribution in [2.24, 2.45) is 5.73 Å². The lowest BCUT2D eigenvalue weighted by Gasteiger charge is -2.38. The fourth-order valence-electron chi connectivity index (χ4n) is 3.27. The van der Waals surface area contributed by atoms with Gasteiger partial charge in [0.1, 0.15) is 6.04 Å². The van der Waals surface area contributed by atoms with E-state index in [1.165, 1.54) is 0 Å². The van der Waals surface area contributed by atoms with Crippen molar-refractivity contribution in [1.82, 2.24) is 10.2 Å². The summed E-state index contributed by atoms with van der Waals surface area (Å²) in [4.78, 5) is 26.2. The van der Waals surface area contributed by atoms with Gasteiger partial charge in [-0.3, -0.25) is 9.59 Å². The Morgan fingerprint density at radius 3 is 2.62 bits per heavy atom. The molecule has 3 N–H and O–H groups in total. The van der Waals surface area contributed by atoms with Gasteiger partial charge in [-0.1, -0.05) is 30.7 Å². The summed E-state index contributed by atoms with van der Waals surface area (Å²) in [6.07, 6.45) is 3.51. The van der Waals surface area contributed by atoms with Crippen molar-refractivity contribution in [2.45, 2.75) is 44.3 Å². The third-order valence-corrected chi connectivity index (χ3v) is 4.47. The van der Waals surface area contributed by atoms with E-state index in [0.717, 1.165) is 36.9 Å². The van der Waals surface area contributed by atoms with Crippen molar-refractivity contribution < 1.29 is 9.59 Å². The highest BCUT2D eigenvalue weighted by Crippen LogP contribution is 2.25. The van der Waals surface area contributed by atoms with Crippen LogP contribution in [0.25, 0.3) is 0 Å². The van der Waals surface area contributed by atoms with E-state index in [2.05, 4.69) is 5.32 Å². The molecule has 0 bridgehead atoms. The molecule has 1 aromatic carbocycles.